The molecule has 6 nitrogen and oxygen atoms in total. The average Bonchev–Trinajstić information content (AvgIpc) is 3.13. The predicted octanol–water partition coefficient (Wildman–Crippen LogP) is 3.78. The number of halogens is 3. The highest BCUT2D eigenvalue weighted by Crippen LogP contribution is 2.33. The first-order valence-electron chi connectivity index (χ1n) is 8.32. The second kappa shape index (κ2) is 7.48. The van der Waals surface area contributed by atoms with Crippen LogP contribution in [-0.2, 0) is 6.54 Å². The molecule has 3 rings (SSSR count). The molecule has 2 heterocycles. The number of phenols is 1. The number of benzene rings is 1. The van der Waals surface area contributed by atoms with Crippen LogP contribution in [0.25, 0.3) is 17.1 Å². The SMILES string of the molecule is CCC(C)Cn1c(-c2c(F)cc(O)cc2F)c(Cl)nc(-n2cccn2)c1=O. The Morgan fingerprint density at radius 2 is 1.96 bits per heavy atom. The van der Waals surface area contributed by atoms with Crippen molar-refractivity contribution >= 4 is 11.6 Å². The highest BCUT2D eigenvalue weighted by molar-refractivity contribution is 6.31. The van der Waals surface area contributed by atoms with Gasteiger partial charge in [0, 0.05) is 31.1 Å². The lowest BCUT2D eigenvalue weighted by Gasteiger charge is -2.19. The molecule has 0 saturated carbocycles. The summed E-state index contributed by atoms with van der Waals surface area (Å²) < 4.78 is 31.4. The van der Waals surface area contributed by atoms with Crippen LogP contribution in [0.15, 0.2) is 35.4 Å². The van der Waals surface area contributed by atoms with Gasteiger partial charge in [-0.1, -0.05) is 31.9 Å². The van der Waals surface area contributed by atoms with E-state index in [-0.39, 0.29) is 29.1 Å². The van der Waals surface area contributed by atoms with Gasteiger partial charge in [-0.15, -0.1) is 0 Å². The lowest BCUT2D eigenvalue weighted by Crippen LogP contribution is -2.30. The van der Waals surface area contributed by atoms with Crippen LogP contribution in [0.4, 0.5) is 8.78 Å². The molecule has 0 aliphatic carbocycles. The van der Waals surface area contributed by atoms with E-state index in [1.54, 1.807) is 6.07 Å². The van der Waals surface area contributed by atoms with Gasteiger partial charge in [0.2, 0.25) is 5.82 Å². The molecule has 0 radical (unpaired) electrons. The molecule has 0 spiro atoms. The molecule has 1 atom stereocenters. The lowest BCUT2D eigenvalue weighted by molar-refractivity contribution is 0.453. The van der Waals surface area contributed by atoms with Crippen LogP contribution in [-0.4, -0.2) is 24.4 Å². The van der Waals surface area contributed by atoms with Gasteiger partial charge < -0.3 is 9.67 Å². The molecule has 0 bridgehead atoms. The van der Waals surface area contributed by atoms with Crippen molar-refractivity contribution in [1.82, 2.24) is 19.3 Å². The van der Waals surface area contributed by atoms with E-state index in [9.17, 15) is 18.7 Å². The largest absolute Gasteiger partial charge is 0.508 e. The summed E-state index contributed by atoms with van der Waals surface area (Å²) in [6.45, 7) is 4.02. The minimum atomic E-state index is -1.04. The van der Waals surface area contributed by atoms with E-state index in [4.69, 9.17) is 11.6 Å². The normalized spacial score (nSPS) is 12.3. The van der Waals surface area contributed by atoms with Gasteiger partial charge in [0.25, 0.3) is 5.56 Å². The summed E-state index contributed by atoms with van der Waals surface area (Å²) in [5.74, 6) is -2.69. The number of rotatable bonds is 5. The Morgan fingerprint density at radius 3 is 2.52 bits per heavy atom. The molecule has 2 aromatic heterocycles. The summed E-state index contributed by atoms with van der Waals surface area (Å²) in [6, 6.07) is 3.13. The van der Waals surface area contributed by atoms with Crippen molar-refractivity contribution in [2.24, 2.45) is 5.92 Å². The maximum absolute atomic E-state index is 14.5. The summed E-state index contributed by atoms with van der Waals surface area (Å²) in [5.41, 5.74) is -1.27. The Hall–Kier alpha value is -2.74. The van der Waals surface area contributed by atoms with Crippen molar-refractivity contribution in [2.75, 3.05) is 0 Å². The molecule has 0 amide bonds. The molecule has 1 aromatic carbocycles. The number of aromatic hydroxyl groups is 1. The fourth-order valence-electron chi connectivity index (χ4n) is 2.71. The predicted molar refractivity (Wildman–Crippen MR) is 97.1 cm³/mol. The molecule has 27 heavy (non-hydrogen) atoms. The lowest BCUT2D eigenvalue weighted by atomic mass is 10.1. The first kappa shape index (κ1) is 19.0. The highest BCUT2D eigenvalue weighted by atomic mass is 35.5. The van der Waals surface area contributed by atoms with Crippen LogP contribution in [0, 0.1) is 17.6 Å². The molecule has 9 heteroatoms. The molecule has 0 fully saturated rings. The molecular weight excluding hydrogens is 378 g/mol. The van der Waals surface area contributed by atoms with E-state index in [0.717, 1.165) is 18.6 Å². The van der Waals surface area contributed by atoms with Crippen molar-refractivity contribution < 1.29 is 13.9 Å². The van der Waals surface area contributed by atoms with Gasteiger partial charge in [0.15, 0.2) is 5.15 Å². The van der Waals surface area contributed by atoms with Crippen LogP contribution in [0.1, 0.15) is 20.3 Å². The smallest absolute Gasteiger partial charge is 0.296 e. The van der Waals surface area contributed by atoms with E-state index in [0.29, 0.717) is 0 Å². The first-order chi connectivity index (χ1) is 12.8. The van der Waals surface area contributed by atoms with Crippen LogP contribution >= 0.6 is 11.6 Å². The van der Waals surface area contributed by atoms with Crippen molar-refractivity contribution in [3.05, 3.63) is 57.7 Å². The van der Waals surface area contributed by atoms with Crippen molar-refractivity contribution in [3.63, 3.8) is 0 Å². The van der Waals surface area contributed by atoms with Crippen molar-refractivity contribution in [1.29, 1.82) is 0 Å². The van der Waals surface area contributed by atoms with E-state index >= 15 is 0 Å². The molecule has 3 aromatic rings. The topological polar surface area (TPSA) is 72.9 Å². The number of hydrogen-bond acceptors (Lipinski definition) is 4. The monoisotopic (exact) mass is 394 g/mol. The van der Waals surface area contributed by atoms with Gasteiger partial charge in [0.05, 0.1) is 11.3 Å². The summed E-state index contributed by atoms with van der Waals surface area (Å²) in [6.07, 6.45) is 3.74. The zero-order chi connectivity index (χ0) is 19.7. The number of phenolic OH excluding ortho intramolecular Hbond substituents is 1. The summed E-state index contributed by atoms with van der Waals surface area (Å²) in [5, 5.41) is 13.1. The van der Waals surface area contributed by atoms with E-state index < -0.39 is 28.5 Å². The summed E-state index contributed by atoms with van der Waals surface area (Å²) in [7, 11) is 0. The van der Waals surface area contributed by atoms with Crippen LogP contribution in [0.5, 0.6) is 5.75 Å². The van der Waals surface area contributed by atoms with E-state index in [2.05, 4.69) is 10.1 Å². The van der Waals surface area contributed by atoms with Crippen molar-refractivity contribution in [3.8, 4) is 22.8 Å². The van der Waals surface area contributed by atoms with Crippen LogP contribution in [0.2, 0.25) is 5.15 Å². The van der Waals surface area contributed by atoms with Crippen LogP contribution in [0.3, 0.4) is 0 Å². The summed E-state index contributed by atoms with van der Waals surface area (Å²) in [4.78, 5) is 17.1. The van der Waals surface area contributed by atoms with Crippen LogP contribution < -0.4 is 5.56 Å². The molecular formula is C18H17ClF2N4O2. The fourth-order valence-corrected chi connectivity index (χ4v) is 2.99. The third kappa shape index (κ3) is 3.57. The van der Waals surface area contributed by atoms with Gasteiger partial charge in [-0.2, -0.15) is 5.10 Å². The fraction of sp³-hybridized carbons (Fsp3) is 0.278. The minimum absolute atomic E-state index is 0.0358. The van der Waals surface area contributed by atoms with Gasteiger partial charge in [-0.05, 0) is 12.0 Å². The molecule has 0 saturated heterocycles. The Balaban J connectivity index is 2.34. The minimum Gasteiger partial charge on any atom is -0.508 e. The highest BCUT2D eigenvalue weighted by Gasteiger charge is 2.24. The molecule has 0 aliphatic rings. The maximum Gasteiger partial charge on any atom is 0.296 e. The molecule has 142 valence electrons. The Bertz CT molecular complexity index is 1010. The Labute approximate surface area is 158 Å². The quantitative estimate of drug-likeness (QED) is 0.714. The zero-order valence-corrected chi connectivity index (χ0v) is 15.4. The van der Waals surface area contributed by atoms with Gasteiger partial charge in [-0.25, -0.2) is 18.4 Å². The third-order valence-corrected chi connectivity index (χ3v) is 4.55. The number of aromatic nitrogens is 4. The first-order valence-corrected chi connectivity index (χ1v) is 8.70. The van der Waals surface area contributed by atoms with E-state index in [1.165, 1.54) is 21.6 Å². The third-order valence-electron chi connectivity index (χ3n) is 4.28. The molecule has 1 N–H and O–H groups in total. The number of nitrogens with zero attached hydrogens (tertiary/aromatic N) is 4. The van der Waals surface area contributed by atoms with E-state index in [1.807, 2.05) is 13.8 Å². The molecule has 0 aliphatic heterocycles. The standard InChI is InChI=1S/C18H17ClF2N4O2/c1-3-10(2)9-24-15(14-12(20)7-11(26)8-13(14)21)16(19)23-17(18(24)27)25-6-4-5-22-25/h4-8,10,26H,3,9H2,1-2H3. The Kier molecular flexibility index (Phi) is 5.27. The van der Waals surface area contributed by atoms with Gasteiger partial charge in [-0.3, -0.25) is 4.79 Å². The second-order valence-corrected chi connectivity index (χ2v) is 6.60. The zero-order valence-electron chi connectivity index (χ0n) is 14.7. The average molecular weight is 395 g/mol. The molecule has 1 unspecified atom stereocenters. The summed E-state index contributed by atoms with van der Waals surface area (Å²) >= 11 is 6.26. The number of hydrogen-bond donors (Lipinski definition) is 1. The maximum atomic E-state index is 14.5. The second-order valence-electron chi connectivity index (χ2n) is 6.24. The Morgan fingerprint density at radius 1 is 1.30 bits per heavy atom. The van der Waals surface area contributed by atoms with Gasteiger partial charge in [0.1, 0.15) is 17.4 Å². The van der Waals surface area contributed by atoms with Crippen molar-refractivity contribution in [2.45, 2.75) is 26.8 Å². The van der Waals surface area contributed by atoms with Gasteiger partial charge >= 0.3 is 0 Å².